The van der Waals surface area contributed by atoms with Gasteiger partial charge in [-0.1, -0.05) is 29.8 Å². The van der Waals surface area contributed by atoms with Gasteiger partial charge in [0.2, 0.25) is 5.91 Å². The SMILES string of the molecule is CN(Cc1ccc(Cl)s1)C(=O)CN1C(=O)NC(Cc2c[nH]c3ccccc23)C1=O. The second-order valence-corrected chi connectivity index (χ2v) is 8.75. The third-order valence-corrected chi connectivity index (χ3v) is 6.16. The highest BCUT2D eigenvalue weighted by Crippen LogP contribution is 2.23. The van der Waals surface area contributed by atoms with Gasteiger partial charge in [-0.15, -0.1) is 11.3 Å². The maximum Gasteiger partial charge on any atom is 0.325 e. The lowest BCUT2D eigenvalue weighted by Crippen LogP contribution is -2.41. The Morgan fingerprint density at radius 2 is 2.03 bits per heavy atom. The molecule has 1 atom stereocenters. The number of aromatic nitrogens is 1. The Morgan fingerprint density at radius 1 is 1.24 bits per heavy atom. The van der Waals surface area contributed by atoms with E-state index in [4.69, 9.17) is 11.6 Å². The molecule has 2 N–H and O–H groups in total. The molecule has 1 fully saturated rings. The van der Waals surface area contributed by atoms with E-state index in [9.17, 15) is 14.4 Å². The zero-order valence-electron chi connectivity index (χ0n) is 15.6. The van der Waals surface area contributed by atoms with Gasteiger partial charge in [-0.05, 0) is 23.8 Å². The minimum absolute atomic E-state index is 0.287. The number of hydrogen-bond donors (Lipinski definition) is 2. The molecule has 1 aromatic carbocycles. The van der Waals surface area contributed by atoms with Crippen LogP contribution in [0.1, 0.15) is 10.4 Å². The lowest BCUT2D eigenvalue weighted by molar-refractivity contribution is -0.136. The fourth-order valence-electron chi connectivity index (χ4n) is 3.40. The van der Waals surface area contributed by atoms with E-state index in [1.165, 1.54) is 16.2 Å². The predicted molar refractivity (Wildman–Crippen MR) is 112 cm³/mol. The van der Waals surface area contributed by atoms with E-state index in [2.05, 4.69) is 10.3 Å². The van der Waals surface area contributed by atoms with E-state index >= 15 is 0 Å². The lowest BCUT2D eigenvalue weighted by Gasteiger charge is -2.19. The number of para-hydroxylation sites is 1. The fourth-order valence-corrected chi connectivity index (χ4v) is 4.54. The Hall–Kier alpha value is -2.84. The molecule has 29 heavy (non-hydrogen) atoms. The number of urea groups is 1. The molecule has 1 unspecified atom stereocenters. The van der Waals surface area contributed by atoms with E-state index in [0.29, 0.717) is 17.3 Å². The van der Waals surface area contributed by atoms with Crippen LogP contribution in [0, 0.1) is 0 Å². The number of carbonyl (C=O) groups is 3. The van der Waals surface area contributed by atoms with Gasteiger partial charge in [0.15, 0.2) is 0 Å². The quantitative estimate of drug-likeness (QED) is 0.589. The first-order valence-electron chi connectivity index (χ1n) is 9.07. The third-order valence-electron chi connectivity index (χ3n) is 4.95. The maximum absolute atomic E-state index is 12.7. The smallest absolute Gasteiger partial charge is 0.325 e. The third kappa shape index (κ3) is 3.99. The Kier molecular flexibility index (Phi) is 5.29. The molecule has 2 aromatic heterocycles. The molecule has 3 heterocycles. The van der Waals surface area contributed by atoms with E-state index < -0.39 is 12.1 Å². The first kappa shape index (κ1) is 19.5. The second-order valence-electron chi connectivity index (χ2n) is 6.95. The molecular formula is C20H19ClN4O3S. The maximum atomic E-state index is 12.7. The zero-order chi connectivity index (χ0) is 20.5. The molecule has 0 aliphatic carbocycles. The number of carbonyl (C=O) groups excluding carboxylic acids is 3. The molecule has 7 nitrogen and oxygen atoms in total. The largest absolute Gasteiger partial charge is 0.361 e. The average molecular weight is 431 g/mol. The van der Waals surface area contributed by atoms with Crippen LogP contribution in [-0.2, 0) is 22.6 Å². The topological polar surface area (TPSA) is 85.5 Å². The second kappa shape index (κ2) is 7.88. The van der Waals surface area contributed by atoms with E-state index in [0.717, 1.165) is 26.2 Å². The van der Waals surface area contributed by atoms with E-state index in [1.807, 2.05) is 36.5 Å². The lowest BCUT2D eigenvalue weighted by atomic mass is 10.1. The number of thiophene rings is 1. The number of benzene rings is 1. The summed E-state index contributed by atoms with van der Waals surface area (Å²) in [7, 11) is 1.64. The molecule has 0 spiro atoms. The van der Waals surface area contributed by atoms with Crippen LogP contribution in [0.2, 0.25) is 4.34 Å². The molecule has 1 aliphatic rings. The number of nitrogens with one attached hydrogen (secondary N) is 2. The molecule has 0 bridgehead atoms. The number of H-pyrrole nitrogens is 1. The van der Waals surface area contributed by atoms with Crippen molar-refractivity contribution in [2.45, 2.75) is 19.0 Å². The van der Waals surface area contributed by atoms with Crippen molar-refractivity contribution in [3.05, 3.63) is 57.4 Å². The average Bonchev–Trinajstić information content (AvgIpc) is 3.37. The van der Waals surface area contributed by atoms with Gasteiger partial charge in [-0.2, -0.15) is 0 Å². The van der Waals surface area contributed by atoms with Gasteiger partial charge in [-0.3, -0.25) is 14.5 Å². The molecule has 0 saturated carbocycles. The van der Waals surface area contributed by atoms with Crippen LogP contribution < -0.4 is 5.32 Å². The Labute approximate surface area is 176 Å². The van der Waals surface area contributed by atoms with Gasteiger partial charge in [0.05, 0.1) is 10.9 Å². The van der Waals surface area contributed by atoms with Crippen LogP contribution in [-0.4, -0.2) is 52.3 Å². The first-order chi connectivity index (χ1) is 13.9. The van der Waals surface area contributed by atoms with Crippen molar-refractivity contribution in [3.8, 4) is 0 Å². The van der Waals surface area contributed by atoms with Crippen LogP contribution >= 0.6 is 22.9 Å². The van der Waals surface area contributed by atoms with Crippen molar-refractivity contribution >= 4 is 51.7 Å². The van der Waals surface area contributed by atoms with Crippen molar-refractivity contribution in [3.63, 3.8) is 0 Å². The van der Waals surface area contributed by atoms with Gasteiger partial charge in [-0.25, -0.2) is 4.79 Å². The number of fused-ring (bicyclic) bond motifs is 1. The molecule has 0 radical (unpaired) electrons. The van der Waals surface area contributed by atoms with E-state index in [1.54, 1.807) is 13.1 Å². The zero-order valence-corrected chi connectivity index (χ0v) is 17.2. The highest BCUT2D eigenvalue weighted by Gasteiger charge is 2.39. The van der Waals surface area contributed by atoms with Gasteiger partial charge in [0, 0.05) is 35.4 Å². The van der Waals surface area contributed by atoms with Crippen molar-refractivity contribution in [1.82, 2.24) is 20.1 Å². The monoisotopic (exact) mass is 430 g/mol. The predicted octanol–water partition coefficient (Wildman–Crippen LogP) is 3.00. The highest BCUT2D eigenvalue weighted by molar-refractivity contribution is 7.16. The number of hydrogen-bond acceptors (Lipinski definition) is 4. The summed E-state index contributed by atoms with van der Waals surface area (Å²) >= 11 is 7.31. The molecule has 1 saturated heterocycles. The summed E-state index contributed by atoms with van der Waals surface area (Å²) in [6.45, 7) is 0.0866. The van der Waals surface area contributed by atoms with Crippen molar-refractivity contribution in [2.75, 3.05) is 13.6 Å². The van der Waals surface area contributed by atoms with Crippen LogP contribution in [0.4, 0.5) is 4.79 Å². The Balaban J connectivity index is 1.40. The minimum atomic E-state index is -0.684. The van der Waals surface area contributed by atoms with Crippen LogP contribution in [0.25, 0.3) is 10.9 Å². The molecular weight excluding hydrogens is 412 g/mol. The number of aromatic amines is 1. The summed E-state index contributed by atoms with van der Waals surface area (Å²) in [6.07, 6.45) is 2.21. The summed E-state index contributed by atoms with van der Waals surface area (Å²) in [5, 5.41) is 3.70. The summed E-state index contributed by atoms with van der Waals surface area (Å²) in [5.74, 6) is -0.702. The van der Waals surface area contributed by atoms with Gasteiger partial charge in [0.1, 0.15) is 12.6 Å². The molecule has 3 aromatic rings. The molecule has 4 amide bonds. The number of likely N-dealkylation sites (N-methyl/N-ethyl adjacent to an activating group) is 1. The summed E-state index contributed by atoms with van der Waals surface area (Å²) < 4.78 is 0.648. The van der Waals surface area contributed by atoms with Crippen molar-refractivity contribution < 1.29 is 14.4 Å². The summed E-state index contributed by atoms with van der Waals surface area (Å²) in [5.41, 5.74) is 1.92. The Morgan fingerprint density at radius 3 is 2.79 bits per heavy atom. The fraction of sp³-hybridized carbons (Fsp3) is 0.250. The van der Waals surface area contributed by atoms with Crippen LogP contribution in [0.15, 0.2) is 42.6 Å². The standard InChI is InChI=1S/C20H19ClN4O3S/c1-24(10-13-6-7-17(21)29-13)18(26)11-25-19(27)16(23-20(25)28)8-12-9-22-15-5-3-2-4-14(12)15/h2-7,9,16,22H,8,10-11H2,1H3,(H,23,28). The van der Waals surface area contributed by atoms with Gasteiger partial charge < -0.3 is 15.2 Å². The number of halogens is 1. The summed E-state index contributed by atoms with van der Waals surface area (Å²) in [4.78, 5) is 44.1. The summed E-state index contributed by atoms with van der Waals surface area (Å²) in [6, 6.07) is 10.2. The van der Waals surface area contributed by atoms with Crippen molar-refractivity contribution in [2.24, 2.45) is 0 Å². The number of rotatable bonds is 6. The molecule has 4 rings (SSSR count). The number of imide groups is 1. The van der Waals surface area contributed by atoms with E-state index in [-0.39, 0.29) is 18.4 Å². The van der Waals surface area contributed by atoms with Crippen LogP contribution in [0.5, 0.6) is 0 Å². The highest BCUT2D eigenvalue weighted by atomic mass is 35.5. The molecule has 9 heteroatoms. The number of nitrogens with zero attached hydrogens (tertiary/aromatic N) is 2. The normalized spacial score (nSPS) is 16.5. The van der Waals surface area contributed by atoms with Gasteiger partial charge >= 0.3 is 6.03 Å². The molecule has 1 aliphatic heterocycles. The number of amides is 4. The van der Waals surface area contributed by atoms with Crippen LogP contribution in [0.3, 0.4) is 0 Å². The first-order valence-corrected chi connectivity index (χ1v) is 10.3. The molecule has 150 valence electrons. The van der Waals surface area contributed by atoms with Gasteiger partial charge in [0.25, 0.3) is 5.91 Å². The Bertz CT molecular complexity index is 1090. The minimum Gasteiger partial charge on any atom is -0.361 e. The van der Waals surface area contributed by atoms with Crippen molar-refractivity contribution in [1.29, 1.82) is 0 Å².